The fraction of sp³-hybridized carbons (Fsp3) is 0.600. The largest absolute Gasteiger partial charge is 0.313 e. The second-order valence-electron chi connectivity index (χ2n) is 5.77. The Morgan fingerprint density at radius 1 is 1.19 bits per heavy atom. The molecular formula is C15H23N. The van der Waals surface area contributed by atoms with E-state index in [1.165, 1.54) is 30.4 Å². The molecule has 0 heterocycles. The molecule has 0 aromatic heterocycles. The third-order valence-electron chi connectivity index (χ3n) is 3.88. The minimum atomic E-state index is 0.425. The standard InChI is InChI=1S/C15H23N/c1-4-15(2,3)11-16-14-9-12-7-5-6-8-13(12)10-14/h5-8,14,16H,4,9-11H2,1-3H3. The molecule has 0 aliphatic heterocycles. The molecule has 16 heavy (non-hydrogen) atoms. The van der Waals surface area contributed by atoms with E-state index in [0.29, 0.717) is 11.5 Å². The predicted molar refractivity (Wildman–Crippen MR) is 69.7 cm³/mol. The third kappa shape index (κ3) is 2.65. The van der Waals surface area contributed by atoms with Crippen LogP contribution in [-0.2, 0) is 12.8 Å². The number of hydrogen-bond acceptors (Lipinski definition) is 1. The van der Waals surface area contributed by atoms with E-state index < -0.39 is 0 Å². The highest BCUT2D eigenvalue weighted by Crippen LogP contribution is 2.23. The fourth-order valence-electron chi connectivity index (χ4n) is 2.25. The van der Waals surface area contributed by atoms with Crippen LogP contribution in [0.2, 0.25) is 0 Å². The summed E-state index contributed by atoms with van der Waals surface area (Å²) >= 11 is 0. The molecule has 1 aromatic rings. The van der Waals surface area contributed by atoms with Gasteiger partial charge in [0.05, 0.1) is 0 Å². The summed E-state index contributed by atoms with van der Waals surface area (Å²) in [6, 6.07) is 9.49. The summed E-state index contributed by atoms with van der Waals surface area (Å²) in [5.41, 5.74) is 3.50. The third-order valence-corrected chi connectivity index (χ3v) is 3.88. The molecule has 0 spiro atoms. The van der Waals surface area contributed by atoms with Gasteiger partial charge in [0.2, 0.25) is 0 Å². The molecule has 0 saturated carbocycles. The highest BCUT2D eigenvalue weighted by atomic mass is 14.9. The Bertz CT molecular complexity index is 329. The van der Waals surface area contributed by atoms with E-state index >= 15 is 0 Å². The number of benzene rings is 1. The Labute approximate surface area is 99.3 Å². The quantitative estimate of drug-likeness (QED) is 0.817. The summed E-state index contributed by atoms with van der Waals surface area (Å²) in [7, 11) is 0. The van der Waals surface area contributed by atoms with E-state index in [1.54, 1.807) is 0 Å². The van der Waals surface area contributed by atoms with E-state index in [9.17, 15) is 0 Å². The summed E-state index contributed by atoms with van der Waals surface area (Å²) in [5.74, 6) is 0. The van der Waals surface area contributed by atoms with E-state index in [4.69, 9.17) is 0 Å². The van der Waals surface area contributed by atoms with Gasteiger partial charge in [0.15, 0.2) is 0 Å². The summed E-state index contributed by atoms with van der Waals surface area (Å²) < 4.78 is 0. The summed E-state index contributed by atoms with van der Waals surface area (Å²) in [4.78, 5) is 0. The van der Waals surface area contributed by atoms with Crippen molar-refractivity contribution in [1.29, 1.82) is 0 Å². The summed E-state index contributed by atoms with van der Waals surface area (Å²) in [6.45, 7) is 8.07. The summed E-state index contributed by atoms with van der Waals surface area (Å²) in [5, 5.41) is 3.72. The average molecular weight is 217 g/mol. The molecule has 1 N–H and O–H groups in total. The van der Waals surface area contributed by atoms with Crippen LogP contribution in [0.5, 0.6) is 0 Å². The van der Waals surface area contributed by atoms with Crippen molar-refractivity contribution in [2.75, 3.05) is 6.54 Å². The Kier molecular flexibility index (Phi) is 3.34. The predicted octanol–water partition coefficient (Wildman–Crippen LogP) is 3.18. The number of hydrogen-bond donors (Lipinski definition) is 1. The maximum atomic E-state index is 3.72. The van der Waals surface area contributed by atoms with Gasteiger partial charge in [-0.15, -0.1) is 0 Å². The Morgan fingerprint density at radius 2 is 1.75 bits per heavy atom. The Balaban J connectivity index is 1.88. The molecule has 0 amide bonds. The molecule has 1 aliphatic carbocycles. The zero-order chi connectivity index (χ0) is 11.6. The first-order valence-electron chi connectivity index (χ1n) is 6.41. The number of fused-ring (bicyclic) bond motifs is 1. The van der Waals surface area contributed by atoms with Gasteiger partial charge in [-0.25, -0.2) is 0 Å². The molecule has 1 nitrogen and oxygen atoms in total. The molecule has 1 aliphatic rings. The Morgan fingerprint density at radius 3 is 2.25 bits per heavy atom. The molecule has 0 atom stereocenters. The maximum Gasteiger partial charge on any atom is 0.0148 e. The molecule has 88 valence electrons. The van der Waals surface area contributed by atoms with Crippen LogP contribution in [0.4, 0.5) is 0 Å². The van der Waals surface area contributed by atoms with E-state index in [0.717, 1.165) is 6.54 Å². The lowest BCUT2D eigenvalue weighted by molar-refractivity contribution is 0.310. The molecular weight excluding hydrogens is 194 g/mol. The first-order chi connectivity index (χ1) is 7.61. The van der Waals surface area contributed by atoms with Gasteiger partial charge >= 0.3 is 0 Å². The highest BCUT2D eigenvalue weighted by molar-refractivity contribution is 5.33. The van der Waals surface area contributed by atoms with Crippen LogP contribution in [0.15, 0.2) is 24.3 Å². The minimum absolute atomic E-state index is 0.425. The van der Waals surface area contributed by atoms with Gasteiger partial charge in [-0.3, -0.25) is 0 Å². The topological polar surface area (TPSA) is 12.0 Å². The van der Waals surface area contributed by atoms with Gasteiger partial charge in [0.1, 0.15) is 0 Å². The van der Waals surface area contributed by atoms with Gasteiger partial charge in [0, 0.05) is 12.6 Å². The zero-order valence-electron chi connectivity index (χ0n) is 10.7. The van der Waals surface area contributed by atoms with Crippen molar-refractivity contribution in [3.63, 3.8) is 0 Å². The van der Waals surface area contributed by atoms with E-state index in [1.807, 2.05) is 0 Å². The summed E-state index contributed by atoms with van der Waals surface area (Å²) in [6.07, 6.45) is 3.64. The van der Waals surface area contributed by atoms with Gasteiger partial charge in [-0.2, -0.15) is 0 Å². The molecule has 0 bridgehead atoms. The smallest absolute Gasteiger partial charge is 0.0148 e. The number of rotatable bonds is 4. The van der Waals surface area contributed by atoms with Crippen molar-refractivity contribution < 1.29 is 0 Å². The molecule has 0 saturated heterocycles. The Hall–Kier alpha value is -0.820. The lowest BCUT2D eigenvalue weighted by Gasteiger charge is -2.25. The fourth-order valence-corrected chi connectivity index (χ4v) is 2.25. The normalized spacial score (nSPS) is 16.4. The molecule has 1 heteroatoms. The zero-order valence-corrected chi connectivity index (χ0v) is 10.7. The van der Waals surface area contributed by atoms with Gasteiger partial charge < -0.3 is 5.32 Å². The van der Waals surface area contributed by atoms with Crippen LogP contribution < -0.4 is 5.32 Å². The van der Waals surface area contributed by atoms with Crippen molar-refractivity contribution in [3.8, 4) is 0 Å². The lowest BCUT2D eigenvalue weighted by Crippen LogP contribution is -2.37. The SMILES string of the molecule is CCC(C)(C)CNC1Cc2ccccc2C1. The first-order valence-corrected chi connectivity index (χ1v) is 6.41. The molecule has 0 fully saturated rings. The van der Waals surface area contributed by atoms with Crippen molar-refractivity contribution in [1.82, 2.24) is 5.32 Å². The van der Waals surface area contributed by atoms with Crippen molar-refractivity contribution in [2.24, 2.45) is 5.41 Å². The van der Waals surface area contributed by atoms with Crippen molar-refractivity contribution in [3.05, 3.63) is 35.4 Å². The molecule has 1 aromatic carbocycles. The van der Waals surface area contributed by atoms with Crippen molar-refractivity contribution >= 4 is 0 Å². The van der Waals surface area contributed by atoms with Crippen LogP contribution in [0, 0.1) is 5.41 Å². The molecule has 0 radical (unpaired) electrons. The van der Waals surface area contributed by atoms with Gasteiger partial charge in [-0.1, -0.05) is 45.0 Å². The van der Waals surface area contributed by atoms with Gasteiger partial charge in [-0.05, 0) is 35.8 Å². The van der Waals surface area contributed by atoms with Crippen LogP contribution in [0.3, 0.4) is 0 Å². The van der Waals surface area contributed by atoms with E-state index in [2.05, 4.69) is 50.4 Å². The molecule has 2 rings (SSSR count). The minimum Gasteiger partial charge on any atom is -0.313 e. The van der Waals surface area contributed by atoms with E-state index in [-0.39, 0.29) is 0 Å². The first kappa shape index (κ1) is 11.7. The molecule has 0 unspecified atom stereocenters. The monoisotopic (exact) mass is 217 g/mol. The van der Waals surface area contributed by atoms with Crippen molar-refractivity contribution in [2.45, 2.75) is 46.1 Å². The number of nitrogens with one attached hydrogen (secondary N) is 1. The van der Waals surface area contributed by atoms with Gasteiger partial charge in [0.25, 0.3) is 0 Å². The van der Waals surface area contributed by atoms with Crippen LogP contribution >= 0.6 is 0 Å². The van der Waals surface area contributed by atoms with Crippen LogP contribution in [-0.4, -0.2) is 12.6 Å². The highest BCUT2D eigenvalue weighted by Gasteiger charge is 2.23. The second-order valence-corrected chi connectivity index (χ2v) is 5.77. The van der Waals surface area contributed by atoms with Crippen LogP contribution in [0.1, 0.15) is 38.3 Å². The lowest BCUT2D eigenvalue weighted by atomic mass is 9.90. The average Bonchev–Trinajstić information content (AvgIpc) is 2.69. The van der Waals surface area contributed by atoms with Crippen LogP contribution in [0.25, 0.3) is 0 Å². The second kappa shape index (κ2) is 4.58. The maximum absolute atomic E-state index is 3.72.